The predicted molar refractivity (Wildman–Crippen MR) is 122 cm³/mol. The zero-order valence-corrected chi connectivity index (χ0v) is 18.9. The van der Waals surface area contributed by atoms with Crippen LogP contribution < -0.4 is 20.3 Å². The Balaban J connectivity index is 1.69. The van der Waals surface area contributed by atoms with Gasteiger partial charge in [0.2, 0.25) is 0 Å². The average Bonchev–Trinajstić information content (AvgIpc) is 2.79. The second kappa shape index (κ2) is 9.90. The van der Waals surface area contributed by atoms with E-state index in [1.54, 1.807) is 24.3 Å². The van der Waals surface area contributed by atoms with Gasteiger partial charge in [0.05, 0.1) is 22.1 Å². The molecule has 2 amide bonds. The standard InChI is InChI=1S/C21H17Cl2N3O5S/c1-31-16-8-6-15(7-9-16)26-32(29,30)17-4-2-3-13(11-17)20(27)24-25-21(28)14-5-10-18(22)19(23)12-14/h2-12,26H,1H3,(H,24,27)(H,25,28). The third-order valence-corrected chi connectivity index (χ3v) is 6.34. The van der Waals surface area contributed by atoms with E-state index in [4.69, 9.17) is 27.9 Å². The number of halogens is 2. The maximum absolute atomic E-state index is 12.7. The highest BCUT2D eigenvalue weighted by molar-refractivity contribution is 7.92. The fraction of sp³-hybridized carbons (Fsp3) is 0.0476. The van der Waals surface area contributed by atoms with Gasteiger partial charge in [0.15, 0.2) is 0 Å². The number of rotatable bonds is 6. The van der Waals surface area contributed by atoms with Crippen molar-refractivity contribution in [2.75, 3.05) is 11.8 Å². The molecule has 0 unspecified atom stereocenters. The molecule has 0 heterocycles. The number of ether oxygens (including phenoxy) is 1. The SMILES string of the molecule is COc1ccc(NS(=O)(=O)c2cccc(C(=O)NNC(=O)c3ccc(Cl)c(Cl)c3)c2)cc1. The number of hydrogen-bond acceptors (Lipinski definition) is 5. The monoisotopic (exact) mass is 493 g/mol. The third kappa shape index (κ3) is 5.70. The minimum atomic E-state index is -3.96. The minimum Gasteiger partial charge on any atom is -0.497 e. The van der Waals surface area contributed by atoms with E-state index in [-0.39, 0.29) is 26.1 Å². The Labute approximate surface area is 194 Å². The maximum atomic E-state index is 12.7. The zero-order chi connectivity index (χ0) is 23.3. The van der Waals surface area contributed by atoms with Crippen LogP contribution in [-0.4, -0.2) is 27.3 Å². The van der Waals surface area contributed by atoms with Crippen LogP contribution in [0.2, 0.25) is 10.0 Å². The number of benzene rings is 3. The van der Waals surface area contributed by atoms with Crippen LogP contribution in [0.1, 0.15) is 20.7 Å². The number of methoxy groups -OCH3 is 1. The van der Waals surface area contributed by atoms with Gasteiger partial charge in [-0.25, -0.2) is 8.42 Å². The van der Waals surface area contributed by atoms with Gasteiger partial charge in [-0.2, -0.15) is 0 Å². The Morgan fingerprint density at radius 1 is 0.812 bits per heavy atom. The van der Waals surface area contributed by atoms with Crippen LogP contribution in [0.5, 0.6) is 5.75 Å². The Bertz CT molecular complexity index is 1260. The summed E-state index contributed by atoms with van der Waals surface area (Å²) < 4.78 is 32.8. The van der Waals surface area contributed by atoms with E-state index >= 15 is 0 Å². The fourth-order valence-corrected chi connectivity index (χ4v) is 3.98. The molecular weight excluding hydrogens is 477 g/mol. The number of hydrogen-bond donors (Lipinski definition) is 3. The minimum absolute atomic E-state index is 0.0250. The van der Waals surface area contributed by atoms with Crippen molar-refractivity contribution >= 4 is 50.7 Å². The summed E-state index contributed by atoms with van der Waals surface area (Å²) in [5.41, 5.74) is 5.00. The molecule has 0 aliphatic rings. The number of carbonyl (C=O) groups is 2. The molecule has 8 nitrogen and oxygen atoms in total. The second-order valence-corrected chi connectivity index (χ2v) is 8.90. The van der Waals surface area contributed by atoms with Gasteiger partial charge in [0, 0.05) is 16.8 Å². The first-order valence-electron chi connectivity index (χ1n) is 9.02. The van der Waals surface area contributed by atoms with Gasteiger partial charge in [-0.1, -0.05) is 29.3 Å². The summed E-state index contributed by atoms with van der Waals surface area (Å²) in [6.45, 7) is 0. The molecule has 0 spiro atoms. The molecule has 3 N–H and O–H groups in total. The number of sulfonamides is 1. The van der Waals surface area contributed by atoms with Gasteiger partial charge in [-0.3, -0.25) is 25.2 Å². The summed E-state index contributed by atoms with van der Waals surface area (Å²) in [6, 6.07) is 15.9. The molecule has 0 saturated heterocycles. The Morgan fingerprint density at radius 2 is 1.44 bits per heavy atom. The lowest BCUT2D eigenvalue weighted by atomic mass is 10.2. The molecule has 0 fully saturated rings. The molecule has 0 bridgehead atoms. The van der Waals surface area contributed by atoms with Crippen molar-refractivity contribution in [2.45, 2.75) is 4.90 Å². The van der Waals surface area contributed by atoms with Crippen LogP contribution in [0.3, 0.4) is 0 Å². The highest BCUT2D eigenvalue weighted by atomic mass is 35.5. The molecule has 3 aromatic rings. The Hall–Kier alpha value is -3.27. The number of nitrogens with one attached hydrogen (secondary N) is 3. The maximum Gasteiger partial charge on any atom is 0.269 e. The molecule has 0 radical (unpaired) electrons. The highest BCUT2D eigenvalue weighted by Gasteiger charge is 2.17. The van der Waals surface area contributed by atoms with Gasteiger partial charge in [0.25, 0.3) is 21.8 Å². The van der Waals surface area contributed by atoms with Crippen LogP contribution >= 0.6 is 23.2 Å². The van der Waals surface area contributed by atoms with Crippen molar-refractivity contribution in [1.82, 2.24) is 10.9 Å². The first-order chi connectivity index (χ1) is 15.2. The summed E-state index contributed by atoms with van der Waals surface area (Å²) >= 11 is 11.7. The first-order valence-corrected chi connectivity index (χ1v) is 11.3. The number of anilines is 1. The smallest absolute Gasteiger partial charge is 0.269 e. The van der Waals surface area contributed by atoms with E-state index in [1.807, 2.05) is 0 Å². The van der Waals surface area contributed by atoms with E-state index in [0.717, 1.165) is 0 Å². The zero-order valence-electron chi connectivity index (χ0n) is 16.6. The molecule has 0 atom stereocenters. The molecule has 0 aliphatic heterocycles. The lowest BCUT2D eigenvalue weighted by molar-refractivity contribution is 0.0846. The quantitative estimate of drug-likeness (QED) is 0.451. The van der Waals surface area contributed by atoms with Crippen molar-refractivity contribution < 1.29 is 22.7 Å². The molecular formula is C21H17Cl2N3O5S. The van der Waals surface area contributed by atoms with Gasteiger partial charge in [-0.15, -0.1) is 0 Å². The molecule has 11 heteroatoms. The van der Waals surface area contributed by atoms with Crippen LogP contribution in [0, 0.1) is 0 Å². The van der Waals surface area contributed by atoms with E-state index in [1.165, 1.54) is 49.6 Å². The van der Waals surface area contributed by atoms with Crippen molar-refractivity contribution in [3.8, 4) is 5.75 Å². The van der Waals surface area contributed by atoms with Crippen molar-refractivity contribution in [1.29, 1.82) is 0 Å². The highest BCUT2D eigenvalue weighted by Crippen LogP contribution is 2.22. The molecule has 166 valence electrons. The number of hydrazine groups is 1. The fourth-order valence-electron chi connectivity index (χ4n) is 2.57. The van der Waals surface area contributed by atoms with Gasteiger partial charge < -0.3 is 4.74 Å². The lowest BCUT2D eigenvalue weighted by Crippen LogP contribution is -2.41. The molecule has 3 aromatic carbocycles. The predicted octanol–water partition coefficient (Wildman–Crippen LogP) is 3.88. The summed E-state index contributed by atoms with van der Waals surface area (Å²) in [7, 11) is -2.45. The van der Waals surface area contributed by atoms with Crippen LogP contribution in [0.4, 0.5) is 5.69 Å². The van der Waals surface area contributed by atoms with Gasteiger partial charge >= 0.3 is 0 Å². The largest absolute Gasteiger partial charge is 0.497 e. The summed E-state index contributed by atoms with van der Waals surface area (Å²) in [5.74, 6) is -0.753. The third-order valence-electron chi connectivity index (χ3n) is 4.22. The average molecular weight is 494 g/mol. The van der Waals surface area contributed by atoms with Crippen molar-refractivity contribution in [3.63, 3.8) is 0 Å². The van der Waals surface area contributed by atoms with E-state index < -0.39 is 21.8 Å². The molecule has 0 aromatic heterocycles. The van der Waals surface area contributed by atoms with Crippen molar-refractivity contribution in [2.24, 2.45) is 0 Å². The van der Waals surface area contributed by atoms with Crippen LogP contribution in [-0.2, 0) is 10.0 Å². The first kappa shape index (κ1) is 23.4. The number of amides is 2. The van der Waals surface area contributed by atoms with Gasteiger partial charge in [0.1, 0.15) is 5.75 Å². The van der Waals surface area contributed by atoms with E-state index in [2.05, 4.69) is 15.6 Å². The van der Waals surface area contributed by atoms with E-state index in [9.17, 15) is 18.0 Å². The summed E-state index contributed by atoms with van der Waals surface area (Å²) in [4.78, 5) is 24.5. The van der Waals surface area contributed by atoms with Crippen molar-refractivity contribution in [3.05, 3.63) is 87.9 Å². The Morgan fingerprint density at radius 3 is 2.03 bits per heavy atom. The normalized spacial score (nSPS) is 10.8. The summed E-state index contributed by atoms with van der Waals surface area (Å²) in [5, 5.41) is 0.474. The summed E-state index contributed by atoms with van der Waals surface area (Å²) in [6.07, 6.45) is 0. The Kier molecular flexibility index (Phi) is 7.24. The molecule has 3 rings (SSSR count). The molecule has 0 saturated carbocycles. The van der Waals surface area contributed by atoms with Crippen LogP contribution in [0.15, 0.2) is 71.6 Å². The topological polar surface area (TPSA) is 114 Å². The van der Waals surface area contributed by atoms with Gasteiger partial charge in [-0.05, 0) is 60.7 Å². The lowest BCUT2D eigenvalue weighted by Gasteiger charge is -2.11. The second-order valence-electron chi connectivity index (χ2n) is 6.40. The van der Waals surface area contributed by atoms with Crippen LogP contribution in [0.25, 0.3) is 0 Å². The number of carbonyl (C=O) groups excluding carboxylic acids is 2. The molecule has 32 heavy (non-hydrogen) atoms. The van der Waals surface area contributed by atoms with E-state index in [0.29, 0.717) is 11.4 Å². The molecule has 0 aliphatic carbocycles.